The number of amides is 2. The van der Waals surface area contributed by atoms with Crippen LogP contribution in [-0.4, -0.2) is 47.8 Å². The summed E-state index contributed by atoms with van der Waals surface area (Å²) in [5.41, 5.74) is 1.72. The number of carbonyl (C=O) groups excluding carboxylic acids is 2. The maximum absolute atomic E-state index is 13.0. The molecule has 0 aliphatic carbocycles. The van der Waals surface area contributed by atoms with E-state index in [0.717, 1.165) is 6.42 Å². The van der Waals surface area contributed by atoms with E-state index < -0.39 is 0 Å². The molecule has 1 aliphatic rings. The molecule has 3 rings (SSSR count). The van der Waals surface area contributed by atoms with Crippen LogP contribution in [0.1, 0.15) is 35.7 Å². The number of likely N-dealkylation sites (tertiary alicyclic amines) is 1. The van der Waals surface area contributed by atoms with Crippen LogP contribution in [0.4, 0.5) is 4.39 Å². The van der Waals surface area contributed by atoms with Crippen LogP contribution in [0.15, 0.2) is 54.6 Å². The molecule has 0 unspecified atom stereocenters. The van der Waals surface area contributed by atoms with Crippen molar-refractivity contribution in [1.29, 1.82) is 0 Å². The zero-order valence-corrected chi connectivity index (χ0v) is 16.3. The minimum Gasteiger partial charge on any atom is -0.342 e. The summed E-state index contributed by atoms with van der Waals surface area (Å²) in [5.74, 6) is -0.293. The third-order valence-corrected chi connectivity index (χ3v) is 5.43. The van der Waals surface area contributed by atoms with Gasteiger partial charge >= 0.3 is 0 Å². The van der Waals surface area contributed by atoms with E-state index >= 15 is 0 Å². The predicted octanol–water partition coefficient (Wildman–Crippen LogP) is 3.77. The standard InChI is InChI=1S/C23H27FN2O2/c1-2-25(15-12-18-6-4-3-5-7-18)22(27)20-13-16-26(17-14-20)23(28)19-8-10-21(24)11-9-19/h3-11,20H,2,12-17H2,1H3. The Morgan fingerprint density at radius 2 is 1.68 bits per heavy atom. The van der Waals surface area contributed by atoms with E-state index in [9.17, 15) is 14.0 Å². The van der Waals surface area contributed by atoms with Gasteiger partial charge < -0.3 is 9.80 Å². The number of rotatable bonds is 6. The van der Waals surface area contributed by atoms with Gasteiger partial charge in [-0.1, -0.05) is 30.3 Å². The highest BCUT2D eigenvalue weighted by Crippen LogP contribution is 2.21. The first kappa shape index (κ1) is 20.1. The lowest BCUT2D eigenvalue weighted by molar-refractivity contribution is -0.136. The molecule has 1 aliphatic heterocycles. The van der Waals surface area contributed by atoms with Crippen molar-refractivity contribution in [3.05, 3.63) is 71.5 Å². The molecule has 0 bridgehead atoms. The van der Waals surface area contributed by atoms with Crippen LogP contribution in [0, 0.1) is 11.7 Å². The number of hydrogen-bond acceptors (Lipinski definition) is 2. The van der Waals surface area contributed by atoms with Crippen molar-refractivity contribution in [3.63, 3.8) is 0 Å². The second kappa shape index (κ2) is 9.49. The van der Waals surface area contributed by atoms with Crippen LogP contribution in [0.25, 0.3) is 0 Å². The Bertz CT molecular complexity index is 784. The van der Waals surface area contributed by atoms with Gasteiger partial charge in [-0.3, -0.25) is 9.59 Å². The molecule has 2 aromatic rings. The highest BCUT2D eigenvalue weighted by molar-refractivity contribution is 5.94. The van der Waals surface area contributed by atoms with Crippen molar-refractivity contribution >= 4 is 11.8 Å². The van der Waals surface area contributed by atoms with Crippen LogP contribution in [0.5, 0.6) is 0 Å². The van der Waals surface area contributed by atoms with Crippen LogP contribution in [0.3, 0.4) is 0 Å². The van der Waals surface area contributed by atoms with Gasteiger partial charge in [0.2, 0.25) is 5.91 Å². The Hall–Kier alpha value is -2.69. The van der Waals surface area contributed by atoms with E-state index in [4.69, 9.17) is 0 Å². The van der Waals surface area contributed by atoms with Crippen LogP contribution < -0.4 is 0 Å². The summed E-state index contributed by atoms with van der Waals surface area (Å²) in [6.07, 6.45) is 2.20. The van der Waals surface area contributed by atoms with Gasteiger partial charge in [0.25, 0.3) is 5.91 Å². The summed E-state index contributed by atoms with van der Waals surface area (Å²) < 4.78 is 13.0. The van der Waals surface area contributed by atoms with E-state index in [1.807, 2.05) is 30.0 Å². The molecule has 0 N–H and O–H groups in total. The average Bonchev–Trinajstić information content (AvgIpc) is 2.75. The highest BCUT2D eigenvalue weighted by Gasteiger charge is 2.30. The molecule has 0 radical (unpaired) electrons. The number of nitrogens with zero attached hydrogens (tertiary/aromatic N) is 2. The monoisotopic (exact) mass is 382 g/mol. The topological polar surface area (TPSA) is 40.6 Å². The SMILES string of the molecule is CCN(CCc1ccccc1)C(=O)C1CCN(C(=O)c2ccc(F)cc2)CC1. The molecular formula is C23H27FN2O2. The lowest BCUT2D eigenvalue weighted by atomic mass is 9.94. The molecule has 28 heavy (non-hydrogen) atoms. The fourth-order valence-electron chi connectivity index (χ4n) is 3.70. The van der Waals surface area contributed by atoms with Crippen molar-refractivity contribution in [1.82, 2.24) is 9.80 Å². The second-order valence-corrected chi connectivity index (χ2v) is 7.23. The van der Waals surface area contributed by atoms with Gasteiger partial charge in [-0.25, -0.2) is 4.39 Å². The Kier molecular flexibility index (Phi) is 6.80. The van der Waals surface area contributed by atoms with Crippen LogP contribution in [0.2, 0.25) is 0 Å². The van der Waals surface area contributed by atoms with Crippen LogP contribution in [-0.2, 0) is 11.2 Å². The number of halogens is 1. The summed E-state index contributed by atoms with van der Waals surface area (Å²) in [4.78, 5) is 29.1. The van der Waals surface area contributed by atoms with Gasteiger partial charge in [0.15, 0.2) is 0 Å². The number of piperidine rings is 1. The number of likely N-dealkylation sites (N-methyl/N-ethyl adjacent to an activating group) is 1. The molecular weight excluding hydrogens is 355 g/mol. The van der Waals surface area contributed by atoms with E-state index in [-0.39, 0.29) is 23.5 Å². The van der Waals surface area contributed by atoms with E-state index in [1.165, 1.54) is 29.8 Å². The Morgan fingerprint density at radius 3 is 2.29 bits per heavy atom. The minimum atomic E-state index is -0.351. The Balaban J connectivity index is 1.52. The summed E-state index contributed by atoms with van der Waals surface area (Å²) in [6.45, 7) is 4.54. The lowest BCUT2D eigenvalue weighted by Gasteiger charge is -2.34. The summed E-state index contributed by atoms with van der Waals surface area (Å²) in [7, 11) is 0. The molecule has 4 nitrogen and oxygen atoms in total. The smallest absolute Gasteiger partial charge is 0.253 e. The summed E-state index contributed by atoms with van der Waals surface area (Å²) in [6, 6.07) is 15.8. The molecule has 0 saturated carbocycles. The van der Waals surface area contributed by atoms with Gasteiger partial charge in [-0.05, 0) is 56.0 Å². The van der Waals surface area contributed by atoms with Gasteiger partial charge in [0.05, 0.1) is 0 Å². The van der Waals surface area contributed by atoms with Crippen molar-refractivity contribution < 1.29 is 14.0 Å². The lowest BCUT2D eigenvalue weighted by Crippen LogP contribution is -2.44. The molecule has 0 spiro atoms. The minimum absolute atomic E-state index is 0.0343. The van der Waals surface area contributed by atoms with Crippen LogP contribution >= 0.6 is 0 Å². The molecule has 1 heterocycles. The normalized spacial score (nSPS) is 14.7. The van der Waals surface area contributed by atoms with Crippen molar-refractivity contribution in [2.45, 2.75) is 26.2 Å². The summed E-state index contributed by atoms with van der Waals surface area (Å²) in [5, 5.41) is 0. The van der Waals surface area contributed by atoms with Gasteiger partial charge in [0, 0.05) is 37.7 Å². The fraction of sp³-hybridized carbons (Fsp3) is 0.391. The molecule has 2 aromatic carbocycles. The van der Waals surface area contributed by atoms with E-state index in [0.29, 0.717) is 44.6 Å². The largest absolute Gasteiger partial charge is 0.342 e. The predicted molar refractivity (Wildman–Crippen MR) is 107 cm³/mol. The zero-order valence-electron chi connectivity index (χ0n) is 16.3. The van der Waals surface area contributed by atoms with Gasteiger partial charge in [-0.15, -0.1) is 0 Å². The van der Waals surface area contributed by atoms with E-state index in [2.05, 4.69) is 12.1 Å². The van der Waals surface area contributed by atoms with Gasteiger partial charge in [-0.2, -0.15) is 0 Å². The molecule has 148 valence electrons. The quantitative estimate of drug-likeness (QED) is 0.763. The molecule has 5 heteroatoms. The molecule has 1 saturated heterocycles. The average molecular weight is 382 g/mol. The summed E-state index contributed by atoms with van der Waals surface area (Å²) >= 11 is 0. The van der Waals surface area contributed by atoms with Crippen molar-refractivity contribution in [2.75, 3.05) is 26.2 Å². The first-order valence-corrected chi connectivity index (χ1v) is 9.96. The molecule has 2 amide bonds. The number of benzene rings is 2. The zero-order chi connectivity index (χ0) is 19.9. The first-order chi connectivity index (χ1) is 13.6. The van der Waals surface area contributed by atoms with Gasteiger partial charge in [0.1, 0.15) is 5.82 Å². The molecule has 0 aromatic heterocycles. The number of carbonyl (C=O) groups is 2. The molecule has 1 fully saturated rings. The van der Waals surface area contributed by atoms with Crippen molar-refractivity contribution in [3.8, 4) is 0 Å². The maximum Gasteiger partial charge on any atom is 0.253 e. The fourth-order valence-corrected chi connectivity index (χ4v) is 3.70. The third-order valence-electron chi connectivity index (χ3n) is 5.43. The van der Waals surface area contributed by atoms with Crippen molar-refractivity contribution in [2.24, 2.45) is 5.92 Å². The second-order valence-electron chi connectivity index (χ2n) is 7.23. The van der Waals surface area contributed by atoms with E-state index in [1.54, 1.807) is 4.90 Å². The molecule has 0 atom stereocenters. The highest BCUT2D eigenvalue weighted by atomic mass is 19.1. The first-order valence-electron chi connectivity index (χ1n) is 9.96. The Morgan fingerprint density at radius 1 is 1.04 bits per heavy atom. The third kappa shape index (κ3) is 4.97. The maximum atomic E-state index is 13.0. The number of hydrogen-bond donors (Lipinski definition) is 0. The Labute approximate surface area is 166 Å².